The van der Waals surface area contributed by atoms with Gasteiger partial charge in [0.2, 0.25) is 0 Å². The van der Waals surface area contributed by atoms with Crippen molar-refractivity contribution in [3.8, 4) is 5.75 Å². The number of rotatable bonds is 5. The van der Waals surface area contributed by atoms with E-state index in [0.717, 1.165) is 53.6 Å². The molecule has 6 nitrogen and oxygen atoms in total. The molecule has 8 heteroatoms. The molecule has 0 N–H and O–H groups in total. The van der Waals surface area contributed by atoms with Gasteiger partial charge in [0.25, 0.3) is 0 Å². The average molecular weight is 474 g/mol. The number of para-hydroxylation sites is 2. The van der Waals surface area contributed by atoms with Gasteiger partial charge < -0.3 is 14.5 Å². The van der Waals surface area contributed by atoms with Crippen molar-refractivity contribution < 1.29 is 4.74 Å². The van der Waals surface area contributed by atoms with Gasteiger partial charge >= 0.3 is 0 Å². The van der Waals surface area contributed by atoms with Crippen molar-refractivity contribution in [2.24, 2.45) is 0 Å². The van der Waals surface area contributed by atoms with Gasteiger partial charge in [-0.25, -0.2) is 9.97 Å². The number of methoxy groups -OCH3 is 1. The van der Waals surface area contributed by atoms with Gasteiger partial charge in [-0.2, -0.15) is 0 Å². The Bertz CT molecular complexity index is 1250. The largest absolute Gasteiger partial charge is 0.497 e. The molecule has 0 atom stereocenters. The molecule has 3 heterocycles. The summed E-state index contributed by atoms with van der Waals surface area (Å²) in [6.07, 6.45) is 0. The van der Waals surface area contributed by atoms with Gasteiger partial charge in [-0.15, -0.1) is 0 Å². The Balaban J connectivity index is 1.32. The van der Waals surface area contributed by atoms with E-state index in [0.29, 0.717) is 0 Å². The summed E-state index contributed by atoms with van der Waals surface area (Å²) in [5.41, 5.74) is 3.36. The molecule has 33 heavy (non-hydrogen) atoms. The third kappa shape index (κ3) is 4.13. The Hall–Kier alpha value is -3.20. The SMILES string of the molecule is COc1ccc(CN2CN(c3nc4ccccc4s3)CN(c3nc4ccccc4s3)C2)cc1. The van der Waals surface area contributed by atoms with Crippen LogP contribution in [0.15, 0.2) is 72.8 Å². The minimum atomic E-state index is 0.763. The minimum Gasteiger partial charge on any atom is -0.497 e. The highest BCUT2D eigenvalue weighted by molar-refractivity contribution is 7.22. The zero-order valence-corrected chi connectivity index (χ0v) is 19.9. The van der Waals surface area contributed by atoms with E-state index in [4.69, 9.17) is 14.7 Å². The zero-order valence-electron chi connectivity index (χ0n) is 18.2. The average Bonchev–Trinajstić information content (AvgIpc) is 3.49. The molecular formula is C25H23N5OS2. The van der Waals surface area contributed by atoms with E-state index in [1.807, 2.05) is 24.3 Å². The highest BCUT2D eigenvalue weighted by Gasteiger charge is 2.27. The van der Waals surface area contributed by atoms with Crippen LogP contribution in [-0.4, -0.2) is 42.0 Å². The number of fused-ring (bicyclic) bond motifs is 2. The standard InChI is InChI=1S/C25H23N5OS2/c1-31-19-12-10-18(11-13-19)14-28-15-29(24-26-20-6-2-4-8-22(20)32-24)17-30(16-28)25-27-21-7-3-5-9-23(21)33-25/h2-13H,14-17H2,1H3. The summed E-state index contributed by atoms with van der Waals surface area (Å²) in [5, 5.41) is 2.09. The molecule has 1 aliphatic rings. The fourth-order valence-electron chi connectivity index (χ4n) is 4.14. The van der Waals surface area contributed by atoms with E-state index >= 15 is 0 Å². The molecule has 0 unspecified atom stereocenters. The lowest BCUT2D eigenvalue weighted by Gasteiger charge is -2.42. The number of anilines is 2. The Morgan fingerprint density at radius 3 is 1.79 bits per heavy atom. The molecule has 1 aliphatic heterocycles. The number of benzene rings is 3. The number of aromatic nitrogens is 2. The monoisotopic (exact) mass is 473 g/mol. The first-order valence-corrected chi connectivity index (χ1v) is 12.4. The summed E-state index contributed by atoms with van der Waals surface area (Å²) in [6.45, 7) is 3.23. The van der Waals surface area contributed by atoms with Crippen molar-refractivity contribution in [3.63, 3.8) is 0 Å². The van der Waals surface area contributed by atoms with Crippen LogP contribution in [0.4, 0.5) is 10.3 Å². The van der Waals surface area contributed by atoms with Crippen molar-refractivity contribution >= 4 is 53.4 Å². The third-order valence-electron chi connectivity index (χ3n) is 5.75. The maximum Gasteiger partial charge on any atom is 0.188 e. The molecule has 6 rings (SSSR count). The van der Waals surface area contributed by atoms with Gasteiger partial charge in [0.15, 0.2) is 10.3 Å². The summed E-state index contributed by atoms with van der Waals surface area (Å²) in [7, 11) is 1.70. The first-order valence-electron chi connectivity index (χ1n) is 10.8. The molecule has 0 amide bonds. The van der Waals surface area contributed by atoms with Gasteiger partial charge in [-0.05, 0) is 42.0 Å². The van der Waals surface area contributed by atoms with Crippen LogP contribution in [0, 0.1) is 0 Å². The summed E-state index contributed by atoms with van der Waals surface area (Å²) in [4.78, 5) is 17.0. The first kappa shape index (κ1) is 20.4. The van der Waals surface area contributed by atoms with Crippen molar-refractivity contribution in [1.82, 2.24) is 14.9 Å². The smallest absolute Gasteiger partial charge is 0.188 e. The van der Waals surface area contributed by atoms with Crippen LogP contribution in [-0.2, 0) is 6.54 Å². The van der Waals surface area contributed by atoms with Gasteiger partial charge in [0, 0.05) is 6.54 Å². The highest BCUT2D eigenvalue weighted by Crippen LogP contribution is 2.34. The summed E-state index contributed by atoms with van der Waals surface area (Å²) >= 11 is 3.49. The van der Waals surface area contributed by atoms with E-state index < -0.39 is 0 Å². The molecule has 3 aromatic carbocycles. The van der Waals surface area contributed by atoms with Crippen LogP contribution >= 0.6 is 22.7 Å². The summed E-state index contributed by atoms with van der Waals surface area (Å²) in [6, 6.07) is 25.0. The fraction of sp³-hybridized carbons (Fsp3) is 0.200. The third-order valence-corrected chi connectivity index (χ3v) is 7.95. The summed E-state index contributed by atoms with van der Waals surface area (Å²) in [5.74, 6) is 0.879. The number of hydrogen-bond acceptors (Lipinski definition) is 8. The number of thiazole rings is 2. The van der Waals surface area contributed by atoms with Crippen molar-refractivity contribution in [2.45, 2.75) is 6.54 Å². The van der Waals surface area contributed by atoms with E-state index in [9.17, 15) is 0 Å². The second kappa shape index (κ2) is 8.62. The maximum atomic E-state index is 5.32. The van der Waals surface area contributed by atoms with Crippen molar-refractivity contribution in [1.29, 1.82) is 0 Å². The second-order valence-electron chi connectivity index (χ2n) is 8.11. The number of hydrogen-bond donors (Lipinski definition) is 0. The van der Waals surface area contributed by atoms with Crippen molar-refractivity contribution in [2.75, 3.05) is 36.9 Å². The van der Waals surface area contributed by atoms with E-state index in [1.54, 1.807) is 29.8 Å². The zero-order chi connectivity index (χ0) is 22.2. The van der Waals surface area contributed by atoms with Crippen LogP contribution in [0.2, 0.25) is 0 Å². The molecular weight excluding hydrogens is 450 g/mol. The Labute approximate surface area is 200 Å². The fourth-order valence-corrected chi connectivity index (χ4v) is 6.05. The molecule has 2 aromatic heterocycles. The maximum absolute atomic E-state index is 5.32. The van der Waals surface area contributed by atoms with Crippen LogP contribution in [0.25, 0.3) is 20.4 Å². The molecule has 5 aromatic rings. The normalized spacial score (nSPS) is 14.9. The topological polar surface area (TPSA) is 44.7 Å². The lowest BCUT2D eigenvalue weighted by atomic mass is 10.2. The quantitative estimate of drug-likeness (QED) is 0.330. The van der Waals surface area contributed by atoms with Gasteiger partial charge in [0.05, 0.1) is 47.5 Å². The lowest BCUT2D eigenvalue weighted by Crippen LogP contribution is -2.55. The first-order chi connectivity index (χ1) is 16.2. The predicted molar refractivity (Wildman–Crippen MR) is 137 cm³/mol. The van der Waals surface area contributed by atoms with Gasteiger partial charge in [-0.1, -0.05) is 59.1 Å². The Morgan fingerprint density at radius 1 is 0.727 bits per heavy atom. The highest BCUT2D eigenvalue weighted by atomic mass is 32.1. The molecule has 0 aliphatic carbocycles. The molecule has 1 fully saturated rings. The van der Waals surface area contributed by atoms with Crippen LogP contribution in [0.5, 0.6) is 5.75 Å². The minimum absolute atomic E-state index is 0.763. The van der Waals surface area contributed by atoms with E-state index in [1.165, 1.54) is 15.0 Å². The molecule has 1 saturated heterocycles. The van der Waals surface area contributed by atoms with Crippen LogP contribution in [0.1, 0.15) is 5.56 Å². The lowest BCUT2D eigenvalue weighted by molar-refractivity contribution is 0.234. The van der Waals surface area contributed by atoms with Crippen molar-refractivity contribution in [3.05, 3.63) is 78.4 Å². The predicted octanol–water partition coefficient (Wildman–Crippen LogP) is 5.62. The number of ether oxygens (including phenoxy) is 1. The molecule has 0 bridgehead atoms. The molecule has 166 valence electrons. The Kier molecular flexibility index (Phi) is 5.33. The van der Waals surface area contributed by atoms with Gasteiger partial charge in [-0.3, -0.25) is 4.90 Å². The Morgan fingerprint density at radius 2 is 1.27 bits per heavy atom. The second-order valence-corrected chi connectivity index (χ2v) is 10.1. The van der Waals surface area contributed by atoms with Gasteiger partial charge in [0.1, 0.15) is 5.75 Å². The summed E-state index contributed by atoms with van der Waals surface area (Å²) < 4.78 is 7.75. The number of nitrogens with zero attached hydrogens (tertiary/aromatic N) is 5. The van der Waals surface area contributed by atoms with Crippen LogP contribution < -0.4 is 14.5 Å². The van der Waals surface area contributed by atoms with E-state index in [-0.39, 0.29) is 0 Å². The van der Waals surface area contributed by atoms with Crippen LogP contribution in [0.3, 0.4) is 0 Å². The van der Waals surface area contributed by atoms with E-state index in [2.05, 4.69) is 63.2 Å². The molecule has 0 spiro atoms. The molecule has 0 saturated carbocycles. The molecule has 0 radical (unpaired) electrons.